The number of ether oxygens (including phenoxy) is 1. The van der Waals surface area contributed by atoms with E-state index in [0.29, 0.717) is 18.1 Å². The van der Waals surface area contributed by atoms with Crippen LogP contribution >= 0.6 is 0 Å². The lowest BCUT2D eigenvalue weighted by molar-refractivity contribution is 0.0579. The van der Waals surface area contributed by atoms with Crippen LogP contribution in [0.5, 0.6) is 0 Å². The Bertz CT molecular complexity index is 414. The van der Waals surface area contributed by atoms with Gasteiger partial charge in [-0.15, -0.1) is 0 Å². The average molecular weight is 219 g/mol. The zero-order valence-corrected chi connectivity index (χ0v) is 9.69. The van der Waals surface area contributed by atoms with Gasteiger partial charge < -0.3 is 10.5 Å². The van der Waals surface area contributed by atoms with E-state index in [-0.39, 0.29) is 11.9 Å². The number of rotatable bonds is 2. The molecular formula is C13H17NO2. The molecule has 3 heteroatoms. The molecule has 16 heavy (non-hydrogen) atoms. The molecular weight excluding hydrogens is 202 g/mol. The van der Waals surface area contributed by atoms with E-state index in [0.717, 1.165) is 17.7 Å². The third-order valence-corrected chi connectivity index (χ3v) is 3.20. The summed E-state index contributed by atoms with van der Waals surface area (Å²) < 4.78 is 5.47. The smallest absolute Gasteiger partial charge is 0.191 e. The Labute approximate surface area is 95.6 Å². The van der Waals surface area contributed by atoms with Crippen LogP contribution < -0.4 is 5.73 Å². The number of anilines is 1. The number of carbonyl (C=O) groups is 1. The van der Waals surface area contributed by atoms with Crippen LogP contribution in [0.4, 0.5) is 5.69 Å². The molecule has 0 bridgehead atoms. The zero-order valence-electron chi connectivity index (χ0n) is 9.69. The minimum atomic E-state index is -0.275. The van der Waals surface area contributed by atoms with Crippen LogP contribution in [0.25, 0.3) is 0 Å². The van der Waals surface area contributed by atoms with E-state index in [1.807, 2.05) is 13.0 Å². The molecule has 1 fully saturated rings. The van der Waals surface area contributed by atoms with Crippen molar-refractivity contribution in [2.24, 2.45) is 5.92 Å². The normalized spacial score (nSPS) is 24.6. The summed E-state index contributed by atoms with van der Waals surface area (Å²) in [5.74, 6) is 0.387. The highest BCUT2D eigenvalue weighted by molar-refractivity contribution is 6.00. The van der Waals surface area contributed by atoms with Gasteiger partial charge in [0, 0.05) is 17.9 Å². The monoisotopic (exact) mass is 219 g/mol. The molecule has 1 aromatic carbocycles. The molecule has 1 aliphatic heterocycles. The van der Waals surface area contributed by atoms with E-state index in [9.17, 15) is 4.79 Å². The molecule has 1 aliphatic rings. The minimum Gasteiger partial charge on any atom is -0.399 e. The number of carbonyl (C=O) groups excluding carboxylic acids is 1. The van der Waals surface area contributed by atoms with Crippen molar-refractivity contribution < 1.29 is 9.53 Å². The molecule has 0 amide bonds. The first-order chi connectivity index (χ1) is 7.59. The maximum absolute atomic E-state index is 12.2. The molecule has 1 saturated heterocycles. The molecule has 0 aromatic heterocycles. The molecule has 2 N–H and O–H groups in total. The van der Waals surface area contributed by atoms with Crippen molar-refractivity contribution in [3.8, 4) is 0 Å². The number of Topliss-reactive ketones (excluding diaryl/α,β-unsaturated/α-hetero) is 1. The lowest BCUT2D eigenvalue weighted by Gasteiger charge is -2.13. The van der Waals surface area contributed by atoms with Gasteiger partial charge in [-0.25, -0.2) is 0 Å². The zero-order chi connectivity index (χ0) is 11.7. The Hall–Kier alpha value is -1.35. The molecule has 2 unspecified atom stereocenters. The summed E-state index contributed by atoms with van der Waals surface area (Å²) in [6.07, 6.45) is 0.688. The van der Waals surface area contributed by atoms with Crippen molar-refractivity contribution in [2.75, 3.05) is 12.3 Å². The first kappa shape index (κ1) is 11.1. The lowest BCUT2D eigenvalue weighted by atomic mass is 9.95. The fraction of sp³-hybridized carbons (Fsp3) is 0.462. The van der Waals surface area contributed by atoms with Crippen LogP contribution in [0.15, 0.2) is 18.2 Å². The summed E-state index contributed by atoms with van der Waals surface area (Å²) in [5, 5.41) is 0. The summed E-state index contributed by atoms with van der Waals surface area (Å²) in [5.41, 5.74) is 8.09. The van der Waals surface area contributed by atoms with Crippen molar-refractivity contribution in [1.29, 1.82) is 0 Å². The predicted octanol–water partition coefficient (Wildman–Crippen LogP) is 2.18. The standard InChI is InChI=1S/C13H17NO2/c1-8-5-6-16-13(8)12(15)10-3-4-11(14)9(2)7-10/h3-4,7-8,13H,5-6,14H2,1-2H3. The van der Waals surface area contributed by atoms with E-state index >= 15 is 0 Å². The van der Waals surface area contributed by atoms with Gasteiger partial charge in [-0.05, 0) is 43.0 Å². The Kier molecular flexibility index (Phi) is 2.97. The SMILES string of the molecule is Cc1cc(C(=O)C2OCCC2C)ccc1N. The van der Waals surface area contributed by atoms with Crippen molar-refractivity contribution in [3.63, 3.8) is 0 Å². The number of nitrogen functional groups attached to an aromatic ring is 1. The highest BCUT2D eigenvalue weighted by Crippen LogP contribution is 2.24. The quantitative estimate of drug-likeness (QED) is 0.612. The number of benzene rings is 1. The highest BCUT2D eigenvalue weighted by atomic mass is 16.5. The summed E-state index contributed by atoms with van der Waals surface area (Å²) in [6.45, 7) is 4.65. The van der Waals surface area contributed by atoms with Crippen LogP contribution in [-0.2, 0) is 4.74 Å². The molecule has 1 heterocycles. The number of hydrogen-bond acceptors (Lipinski definition) is 3. The van der Waals surface area contributed by atoms with Gasteiger partial charge in [0.15, 0.2) is 5.78 Å². The van der Waals surface area contributed by atoms with Crippen molar-refractivity contribution in [2.45, 2.75) is 26.4 Å². The van der Waals surface area contributed by atoms with Crippen LogP contribution in [0.2, 0.25) is 0 Å². The molecule has 0 saturated carbocycles. The molecule has 2 rings (SSSR count). The van der Waals surface area contributed by atoms with Crippen LogP contribution in [0, 0.1) is 12.8 Å². The summed E-state index contributed by atoms with van der Waals surface area (Å²) >= 11 is 0. The second-order valence-electron chi connectivity index (χ2n) is 4.49. The van der Waals surface area contributed by atoms with E-state index in [1.54, 1.807) is 12.1 Å². The lowest BCUT2D eigenvalue weighted by Crippen LogP contribution is -2.25. The van der Waals surface area contributed by atoms with Gasteiger partial charge in [0.1, 0.15) is 6.10 Å². The third-order valence-electron chi connectivity index (χ3n) is 3.20. The second kappa shape index (κ2) is 4.26. The maximum atomic E-state index is 12.2. The Balaban J connectivity index is 2.23. The van der Waals surface area contributed by atoms with Crippen LogP contribution in [-0.4, -0.2) is 18.5 Å². The summed E-state index contributed by atoms with van der Waals surface area (Å²) in [7, 11) is 0. The van der Waals surface area contributed by atoms with Gasteiger partial charge >= 0.3 is 0 Å². The molecule has 0 radical (unpaired) electrons. The number of hydrogen-bond donors (Lipinski definition) is 1. The van der Waals surface area contributed by atoms with Crippen LogP contribution in [0.3, 0.4) is 0 Å². The fourth-order valence-corrected chi connectivity index (χ4v) is 2.02. The first-order valence-electron chi connectivity index (χ1n) is 5.61. The Morgan fingerprint density at radius 1 is 1.50 bits per heavy atom. The Morgan fingerprint density at radius 3 is 2.81 bits per heavy atom. The molecule has 0 aliphatic carbocycles. The summed E-state index contributed by atoms with van der Waals surface area (Å²) in [4.78, 5) is 12.2. The van der Waals surface area contributed by atoms with E-state index < -0.39 is 0 Å². The topological polar surface area (TPSA) is 52.3 Å². The number of ketones is 1. The van der Waals surface area contributed by atoms with Gasteiger partial charge in [-0.1, -0.05) is 6.92 Å². The molecule has 1 aromatic rings. The fourth-order valence-electron chi connectivity index (χ4n) is 2.02. The van der Waals surface area contributed by atoms with Gasteiger partial charge in [-0.2, -0.15) is 0 Å². The third kappa shape index (κ3) is 1.95. The van der Waals surface area contributed by atoms with Gasteiger partial charge in [0.25, 0.3) is 0 Å². The van der Waals surface area contributed by atoms with Gasteiger partial charge in [0.05, 0.1) is 0 Å². The highest BCUT2D eigenvalue weighted by Gasteiger charge is 2.31. The largest absolute Gasteiger partial charge is 0.399 e. The second-order valence-corrected chi connectivity index (χ2v) is 4.49. The van der Waals surface area contributed by atoms with Crippen LogP contribution in [0.1, 0.15) is 29.3 Å². The minimum absolute atomic E-state index is 0.0769. The van der Waals surface area contributed by atoms with Crippen molar-refractivity contribution >= 4 is 11.5 Å². The molecule has 3 nitrogen and oxygen atoms in total. The van der Waals surface area contributed by atoms with Gasteiger partial charge in [0.2, 0.25) is 0 Å². The average Bonchev–Trinajstić information content (AvgIpc) is 2.67. The van der Waals surface area contributed by atoms with Gasteiger partial charge in [-0.3, -0.25) is 4.79 Å². The van der Waals surface area contributed by atoms with Crippen molar-refractivity contribution in [3.05, 3.63) is 29.3 Å². The van der Waals surface area contributed by atoms with E-state index in [2.05, 4.69) is 6.92 Å². The molecule has 0 spiro atoms. The predicted molar refractivity (Wildman–Crippen MR) is 63.4 cm³/mol. The first-order valence-corrected chi connectivity index (χ1v) is 5.61. The van der Waals surface area contributed by atoms with E-state index in [1.165, 1.54) is 0 Å². The Morgan fingerprint density at radius 2 is 2.25 bits per heavy atom. The molecule has 2 atom stereocenters. The van der Waals surface area contributed by atoms with E-state index in [4.69, 9.17) is 10.5 Å². The van der Waals surface area contributed by atoms with Crippen molar-refractivity contribution in [1.82, 2.24) is 0 Å². The maximum Gasteiger partial charge on any atom is 0.191 e. The number of nitrogens with two attached hydrogens (primary N) is 1. The number of aryl methyl sites for hydroxylation is 1. The molecule has 86 valence electrons. The summed E-state index contributed by atoms with van der Waals surface area (Å²) in [6, 6.07) is 5.40.